The summed E-state index contributed by atoms with van der Waals surface area (Å²) in [4.78, 5) is 31.8. The van der Waals surface area contributed by atoms with Gasteiger partial charge in [-0.3, -0.25) is 14.4 Å². The maximum absolute atomic E-state index is 11.2. The van der Waals surface area contributed by atoms with E-state index in [0.717, 1.165) is 0 Å². The van der Waals surface area contributed by atoms with Crippen LogP contribution in [0, 0.1) is 5.92 Å². The molecule has 1 atom stereocenters. The van der Waals surface area contributed by atoms with Crippen molar-refractivity contribution >= 4 is 18.2 Å². The fourth-order valence-electron chi connectivity index (χ4n) is 0.983. The molecule has 0 aromatic heterocycles. The Bertz CT molecular complexity index is 238. The summed E-state index contributed by atoms with van der Waals surface area (Å²) in [5.41, 5.74) is 0. The molecule has 0 aromatic rings. The van der Waals surface area contributed by atoms with Gasteiger partial charge in [0.25, 0.3) is 0 Å². The maximum atomic E-state index is 11.2. The highest BCUT2D eigenvalue weighted by atomic mass is 16.4. The molecule has 0 heterocycles. The van der Waals surface area contributed by atoms with Gasteiger partial charge in [-0.25, -0.2) is 0 Å². The monoisotopic (exact) mass is 214 g/mol. The highest BCUT2D eigenvalue weighted by molar-refractivity contribution is 5.82. The number of carboxylic acids is 1. The Kier molecular flexibility index (Phi) is 6.33. The molecule has 0 spiro atoms. The molecule has 5 heteroatoms. The van der Waals surface area contributed by atoms with Crippen molar-refractivity contribution in [3.8, 4) is 0 Å². The van der Waals surface area contributed by atoms with Crippen LogP contribution in [0.4, 0.5) is 0 Å². The highest BCUT2D eigenvalue weighted by Crippen LogP contribution is 2.03. The van der Waals surface area contributed by atoms with Crippen LogP contribution in [-0.2, 0) is 14.4 Å². The van der Waals surface area contributed by atoms with Crippen LogP contribution in [0.2, 0.25) is 0 Å². The first kappa shape index (κ1) is 13.6. The van der Waals surface area contributed by atoms with Gasteiger partial charge < -0.3 is 10.4 Å². The molecular weight excluding hydrogens is 198 g/mol. The van der Waals surface area contributed by atoms with E-state index in [1.54, 1.807) is 0 Å². The second-order valence-corrected chi connectivity index (χ2v) is 3.77. The first-order valence-corrected chi connectivity index (χ1v) is 4.84. The number of carbonyl (C=O) groups is 2. The van der Waals surface area contributed by atoms with E-state index in [4.69, 9.17) is 5.11 Å². The Morgan fingerprint density at radius 2 is 2.00 bits per heavy atom. The summed E-state index contributed by atoms with van der Waals surface area (Å²) in [7, 11) is 0. The molecule has 15 heavy (non-hydrogen) atoms. The number of carboxylic acid groups (broad SMARTS) is 1. The van der Waals surface area contributed by atoms with Crippen molar-refractivity contribution in [2.45, 2.75) is 39.2 Å². The van der Waals surface area contributed by atoms with Crippen LogP contribution in [-0.4, -0.2) is 29.3 Å². The lowest BCUT2D eigenvalue weighted by atomic mass is 10.1. The van der Waals surface area contributed by atoms with E-state index in [0.29, 0.717) is 18.8 Å². The number of nitrogens with one attached hydrogen (secondary N) is 1. The summed E-state index contributed by atoms with van der Waals surface area (Å²) in [6.45, 7) is 3.96. The van der Waals surface area contributed by atoms with Crippen LogP contribution < -0.4 is 5.32 Å². The van der Waals surface area contributed by atoms with Crippen LogP contribution in [0.5, 0.6) is 0 Å². The number of hydrogen-bond acceptors (Lipinski definition) is 3. The van der Waals surface area contributed by atoms with Crippen molar-refractivity contribution in [3.63, 3.8) is 0 Å². The van der Waals surface area contributed by atoms with E-state index < -0.39 is 18.4 Å². The number of hydrogen-bond donors (Lipinski definition) is 2. The van der Waals surface area contributed by atoms with E-state index in [2.05, 4.69) is 5.32 Å². The van der Waals surface area contributed by atoms with E-state index in [9.17, 15) is 14.4 Å². The number of carbonyl (C=O) groups excluding carboxylic acids is 2. The molecule has 0 saturated carbocycles. The van der Waals surface area contributed by atoms with Crippen molar-refractivity contribution in [1.29, 1.82) is 0 Å². The number of aliphatic carboxylic acids is 1. The highest BCUT2D eigenvalue weighted by Gasteiger charge is 2.15. The quantitative estimate of drug-likeness (QED) is 0.646. The van der Waals surface area contributed by atoms with Crippen LogP contribution in [0.1, 0.15) is 33.1 Å². The Hall–Kier alpha value is -1.39. The molecule has 5 nitrogen and oxygen atoms in total. The minimum atomic E-state index is -1.13. The third-order valence-electron chi connectivity index (χ3n) is 1.80. The molecule has 0 fully saturated rings. The molecule has 2 N–H and O–H groups in total. The number of amides is 1. The smallest absolute Gasteiger partial charge is 0.305 e. The first-order valence-electron chi connectivity index (χ1n) is 4.84. The molecule has 0 bridgehead atoms. The Balaban J connectivity index is 3.90. The normalized spacial score (nSPS) is 12.2. The van der Waals surface area contributed by atoms with Gasteiger partial charge in [-0.05, 0) is 12.3 Å². The Labute approximate surface area is 88.9 Å². The fourth-order valence-corrected chi connectivity index (χ4v) is 0.983. The molecule has 1 radical (unpaired) electrons. The summed E-state index contributed by atoms with van der Waals surface area (Å²) in [6.07, 6.45) is 2.08. The molecule has 1 amide bonds. The van der Waals surface area contributed by atoms with Crippen molar-refractivity contribution in [2.75, 3.05) is 0 Å². The predicted molar refractivity (Wildman–Crippen MR) is 53.9 cm³/mol. The second-order valence-electron chi connectivity index (χ2n) is 3.77. The summed E-state index contributed by atoms with van der Waals surface area (Å²) in [5.74, 6) is -1.04. The van der Waals surface area contributed by atoms with E-state index in [1.165, 1.54) is 6.29 Å². The average Bonchev–Trinajstić information content (AvgIpc) is 2.13. The lowest BCUT2D eigenvalue weighted by molar-refractivity contribution is -0.137. The predicted octanol–water partition coefficient (Wildman–Crippen LogP) is 0.492. The second kappa shape index (κ2) is 6.98. The van der Waals surface area contributed by atoms with Gasteiger partial charge in [0, 0.05) is 6.42 Å². The molecule has 0 aliphatic rings. The standard InChI is InChI=1S/C10H16NO4/c1-7(2)3-4-9(13)11-8(6-12)5-10(14)15/h7-8H,3-5H2,1-2H3,(H,11,13)(H,14,15)/t8-/m0/s1. The van der Waals surface area contributed by atoms with Gasteiger partial charge in [0.2, 0.25) is 12.2 Å². The van der Waals surface area contributed by atoms with Gasteiger partial charge in [0.15, 0.2) is 0 Å². The third kappa shape index (κ3) is 7.66. The lowest BCUT2D eigenvalue weighted by Gasteiger charge is -2.10. The largest absolute Gasteiger partial charge is 0.481 e. The van der Waals surface area contributed by atoms with Gasteiger partial charge in [0.1, 0.15) is 6.04 Å². The minimum absolute atomic E-state index is 0.301. The van der Waals surface area contributed by atoms with Crippen molar-refractivity contribution in [1.82, 2.24) is 5.32 Å². The van der Waals surface area contributed by atoms with Crippen LogP contribution in [0.15, 0.2) is 0 Å². The summed E-state index contributed by atoms with van der Waals surface area (Å²) in [5, 5.41) is 10.7. The third-order valence-corrected chi connectivity index (χ3v) is 1.80. The van der Waals surface area contributed by atoms with Gasteiger partial charge in [0.05, 0.1) is 6.42 Å². The van der Waals surface area contributed by atoms with E-state index >= 15 is 0 Å². The Morgan fingerprint density at radius 3 is 2.40 bits per heavy atom. The van der Waals surface area contributed by atoms with Gasteiger partial charge in [-0.2, -0.15) is 0 Å². The molecule has 0 saturated heterocycles. The van der Waals surface area contributed by atoms with Gasteiger partial charge >= 0.3 is 5.97 Å². The van der Waals surface area contributed by atoms with E-state index in [1.807, 2.05) is 13.8 Å². The minimum Gasteiger partial charge on any atom is -0.481 e. The van der Waals surface area contributed by atoms with Crippen LogP contribution >= 0.6 is 0 Å². The molecule has 0 aromatic carbocycles. The lowest BCUT2D eigenvalue weighted by Crippen LogP contribution is -2.37. The molecule has 0 unspecified atom stereocenters. The molecule has 85 valence electrons. The number of rotatable bonds is 7. The van der Waals surface area contributed by atoms with Crippen LogP contribution in [0.25, 0.3) is 0 Å². The SMILES string of the molecule is CC(C)CCC(=O)N[C@H]([C]=O)CC(=O)O. The zero-order valence-corrected chi connectivity index (χ0v) is 8.95. The van der Waals surface area contributed by atoms with Gasteiger partial charge in [-0.1, -0.05) is 13.8 Å². The van der Waals surface area contributed by atoms with Crippen molar-refractivity contribution < 1.29 is 19.5 Å². The molecule has 0 aliphatic heterocycles. The summed E-state index contributed by atoms with van der Waals surface area (Å²) < 4.78 is 0. The van der Waals surface area contributed by atoms with Crippen molar-refractivity contribution in [2.24, 2.45) is 5.92 Å². The van der Waals surface area contributed by atoms with Gasteiger partial charge in [-0.15, -0.1) is 0 Å². The maximum Gasteiger partial charge on any atom is 0.305 e. The summed E-state index contributed by atoms with van der Waals surface area (Å²) in [6, 6.07) is -1.04. The zero-order chi connectivity index (χ0) is 11.8. The molecule has 0 rings (SSSR count). The van der Waals surface area contributed by atoms with Crippen molar-refractivity contribution in [3.05, 3.63) is 0 Å². The molecule has 0 aliphatic carbocycles. The fraction of sp³-hybridized carbons (Fsp3) is 0.700. The first-order chi connectivity index (χ1) is 6.95. The zero-order valence-electron chi connectivity index (χ0n) is 8.95. The topological polar surface area (TPSA) is 83.5 Å². The average molecular weight is 214 g/mol. The summed E-state index contributed by atoms with van der Waals surface area (Å²) >= 11 is 0. The molecular formula is C10H16NO4. The van der Waals surface area contributed by atoms with E-state index in [-0.39, 0.29) is 5.91 Å². The van der Waals surface area contributed by atoms with Crippen LogP contribution in [0.3, 0.4) is 0 Å². The Morgan fingerprint density at radius 1 is 1.40 bits per heavy atom.